The topological polar surface area (TPSA) is 128 Å². The van der Waals surface area contributed by atoms with Gasteiger partial charge in [-0.3, -0.25) is 20.2 Å². The third-order valence-corrected chi connectivity index (χ3v) is 7.42. The van der Waals surface area contributed by atoms with Crippen LogP contribution in [0.25, 0.3) is 0 Å². The van der Waals surface area contributed by atoms with E-state index in [-0.39, 0.29) is 19.9 Å². The summed E-state index contributed by atoms with van der Waals surface area (Å²) in [5, 5.41) is 13.4. The van der Waals surface area contributed by atoms with E-state index in [2.05, 4.69) is 10.3 Å². The molecule has 9 nitrogen and oxygen atoms in total. The summed E-state index contributed by atoms with van der Waals surface area (Å²) in [5.74, 6) is 0.225. The minimum atomic E-state index is -3.91. The predicted molar refractivity (Wildman–Crippen MR) is 104 cm³/mol. The number of thiazole rings is 1. The largest absolute Gasteiger partial charge is 0.480 e. The summed E-state index contributed by atoms with van der Waals surface area (Å²) in [5.41, 5.74) is 0.715. The second kappa shape index (κ2) is 7.26. The maximum atomic E-state index is 12.7. The fourth-order valence-electron chi connectivity index (χ4n) is 2.82. The minimum absolute atomic E-state index is 0.0859. The number of hydrogen-bond acceptors (Lipinski definition) is 8. The van der Waals surface area contributed by atoms with Gasteiger partial charge in [-0.25, -0.2) is 13.4 Å². The van der Waals surface area contributed by atoms with Crippen molar-refractivity contribution >= 4 is 37.9 Å². The number of carbonyl (C=O) groups excluding carboxylic acids is 1. The Balaban J connectivity index is 1.48. The van der Waals surface area contributed by atoms with Crippen LogP contribution in [0, 0.1) is 10.1 Å². The molecule has 1 atom stereocenters. The molecular formula is C18H13N3O6S2. The first-order chi connectivity index (χ1) is 13.8. The molecule has 0 saturated heterocycles. The van der Waals surface area contributed by atoms with Crippen molar-refractivity contribution in [3.8, 4) is 5.75 Å². The number of para-hydroxylation sites is 1. The number of carbonyl (C=O) groups is 1. The zero-order chi connectivity index (χ0) is 20.6. The van der Waals surface area contributed by atoms with Gasteiger partial charge in [-0.15, -0.1) is 0 Å². The molecule has 1 unspecified atom stereocenters. The number of sulfone groups is 1. The van der Waals surface area contributed by atoms with Crippen molar-refractivity contribution < 1.29 is 22.9 Å². The minimum Gasteiger partial charge on any atom is -0.480 e. The molecule has 0 radical (unpaired) electrons. The lowest BCUT2D eigenvalue weighted by Crippen LogP contribution is -2.31. The SMILES string of the molecule is O=C(Nc1ncc(S(=O)(=O)c2ccc([N+](=O)[O-])cc2)s1)C1Cc2ccccc2O1. The molecule has 1 aliphatic heterocycles. The molecule has 0 fully saturated rings. The van der Waals surface area contributed by atoms with Crippen LogP contribution >= 0.6 is 11.3 Å². The highest BCUT2D eigenvalue weighted by Crippen LogP contribution is 2.31. The quantitative estimate of drug-likeness (QED) is 0.486. The molecule has 29 heavy (non-hydrogen) atoms. The van der Waals surface area contributed by atoms with E-state index in [9.17, 15) is 23.3 Å². The van der Waals surface area contributed by atoms with Gasteiger partial charge in [-0.2, -0.15) is 0 Å². The van der Waals surface area contributed by atoms with Crippen LogP contribution in [0.2, 0.25) is 0 Å². The van der Waals surface area contributed by atoms with Crippen LogP contribution in [0.15, 0.2) is 63.8 Å². The second-order valence-electron chi connectivity index (χ2n) is 6.15. The summed E-state index contributed by atoms with van der Waals surface area (Å²) in [6.45, 7) is 0. The van der Waals surface area contributed by atoms with Crippen LogP contribution in [0.3, 0.4) is 0 Å². The molecule has 2 aromatic carbocycles. The molecule has 148 valence electrons. The molecule has 2 heterocycles. The second-order valence-corrected chi connectivity index (χ2v) is 9.35. The number of nitro benzene ring substituents is 1. The molecule has 0 bridgehead atoms. The highest BCUT2D eigenvalue weighted by Gasteiger charge is 2.30. The summed E-state index contributed by atoms with van der Waals surface area (Å²) < 4.78 is 30.9. The normalized spacial score (nSPS) is 15.4. The van der Waals surface area contributed by atoms with Crippen molar-refractivity contribution in [3.63, 3.8) is 0 Å². The number of rotatable bonds is 5. The smallest absolute Gasteiger partial charge is 0.269 e. The van der Waals surface area contributed by atoms with Gasteiger partial charge in [0.1, 0.15) is 9.96 Å². The summed E-state index contributed by atoms with van der Waals surface area (Å²) in [7, 11) is -3.91. The molecule has 0 spiro atoms. The van der Waals surface area contributed by atoms with Gasteiger partial charge >= 0.3 is 0 Å². The average Bonchev–Trinajstić information content (AvgIpc) is 3.35. The number of fused-ring (bicyclic) bond motifs is 1. The van der Waals surface area contributed by atoms with Gasteiger partial charge in [0.15, 0.2) is 11.2 Å². The number of nitrogens with one attached hydrogen (secondary N) is 1. The van der Waals surface area contributed by atoms with E-state index in [4.69, 9.17) is 4.74 Å². The average molecular weight is 431 g/mol. The number of benzene rings is 2. The number of non-ortho nitro benzene ring substituents is 1. The molecule has 11 heteroatoms. The predicted octanol–water partition coefficient (Wildman–Crippen LogP) is 2.83. The molecule has 1 amide bonds. The Morgan fingerprint density at radius 3 is 2.62 bits per heavy atom. The van der Waals surface area contributed by atoms with Crippen molar-refractivity contribution in [3.05, 3.63) is 70.4 Å². The van der Waals surface area contributed by atoms with Crippen molar-refractivity contribution in [2.75, 3.05) is 5.32 Å². The van der Waals surface area contributed by atoms with E-state index < -0.39 is 26.8 Å². The van der Waals surface area contributed by atoms with Crippen molar-refractivity contribution in [2.24, 2.45) is 0 Å². The van der Waals surface area contributed by atoms with Gasteiger partial charge in [0.05, 0.1) is 16.0 Å². The zero-order valence-corrected chi connectivity index (χ0v) is 16.3. The Bertz CT molecular complexity index is 1180. The third kappa shape index (κ3) is 3.69. The number of hydrogen-bond donors (Lipinski definition) is 1. The Morgan fingerprint density at radius 1 is 1.21 bits per heavy atom. The molecule has 3 aromatic rings. The van der Waals surface area contributed by atoms with Gasteiger partial charge in [0, 0.05) is 18.6 Å². The number of amides is 1. The maximum absolute atomic E-state index is 12.7. The van der Waals surface area contributed by atoms with E-state index in [0.29, 0.717) is 12.2 Å². The Labute approximate surface area is 169 Å². The van der Waals surface area contributed by atoms with Crippen LogP contribution in [-0.2, 0) is 21.1 Å². The Kier molecular flexibility index (Phi) is 4.76. The van der Waals surface area contributed by atoms with Gasteiger partial charge < -0.3 is 4.74 Å². The van der Waals surface area contributed by atoms with Gasteiger partial charge in [-0.05, 0) is 23.8 Å². The van der Waals surface area contributed by atoms with E-state index in [1.807, 2.05) is 18.2 Å². The highest BCUT2D eigenvalue weighted by atomic mass is 32.2. The van der Waals surface area contributed by atoms with Crippen molar-refractivity contribution in [2.45, 2.75) is 21.6 Å². The molecule has 1 aromatic heterocycles. The number of nitrogens with zero attached hydrogens (tertiary/aromatic N) is 2. The maximum Gasteiger partial charge on any atom is 0.269 e. The Hall–Kier alpha value is -3.31. The zero-order valence-electron chi connectivity index (χ0n) is 14.6. The third-order valence-electron chi connectivity index (χ3n) is 4.28. The monoisotopic (exact) mass is 431 g/mol. The standard InChI is InChI=1S/C18H13N3O6S2/c22-17(15-9-11-3-1-2-4-14(11)27-15)20-18-19-10-16(28-18)29(25,26)13-7-5-12(6-8-13)21(23)24/h1-8,10,15H,9H2,(H,19,20,22). The van der Waals surface area contributed by atoms with Gasteiger partial charge in [0.25, 0.3) is 11.6 Å². The first-order valence-corrected chi connectivity index (χ1v) is 10.7. The van der Waals surface area contributed by atoms with E-state index >= 15 is 0 Å². The van der Waals surface area contributed by atoms with E-state index in [1.165, 1.54) is 0 Å². The first-order valence-electron chi connectivity index (χ1n) is 8.35. The lowest BCUT2D eigenvalue weighted by molar-refractivity contribution is -0.384. The van der Waals surface area contributed by atoms with Crippen molar-refractivity contribution in [1.82, 2.24) is 4.98 Å². The summed E-state index contributed by atoms with van der Waals surface area (Å²) >= 11 is 0.796. The van der Waals surface area contributed by atoms with E-state index in [1.54, 1.807) is 6.07 Å². The molecule has 4 rings (SSSR count). The van der Waals surface area contributed by atoms with Crippen molar-refractivity contribution in [1.29, 1.82) is 0 Å². The highest BCUT2D eigenvalue weighted by molar-refractivity contribution is 7.93. The molecule has 0 saturated carbocycles. The summed E-state index contributed by atoms with van der Waals surface area (Å²) in [4.78, 5) is 26.4. The fraction of sp³-hybridized carbons (Fsp3) is 0.111. The summed E-state index contributed by atoms with van der Waals surface area (Å²) in [6, 6.07) is 11.9. The van der Waals surface area contributed by atoms with E-state index in [0.717, 1.165) is 47.4 Å². The van der Waals surface area contributed by atoms with Gasteiger partial charge in [-0.1, -0.05) is 29.5 Å². The van der Waals surface area contributed by atoms with Crippen LogP contribution < -0.4 is 10.1 Å². The summed E-state index contributed by atoms with van der Waals surface area (Å²) in [6.07, 6.45) is 0.842. The number of anilines is 1. The lowest BCUT2D eigenvalue weighted by Gasteiger charge is -2.09. The Morgan fingerprint density at radius 2 is 1.93 bits per heavy atom. The molecule has 1 aliphatic rings. The van der Waals surface area contributed by atoms with Crippen LogP contribution in [0.5, 0.6) is 5.75 Å². The number of nitro groups is 1. The first kappa shape index (κ1) is 19.0. The van der Waals surface area contributed by atoms with Crippen LogP contribution in [-0.4, -0.2) is 30.3 Å². The fourth-order valence-corrected chi connectivity index (χ4v) is 5.25. The molecule has 0 aliphatic carbocycles. The lowest BCUT2D eigenvalue weighted by atomic mass is 10.1. The molecule has 1 N–H and O–H groups in total. The number of aromatic nitrogens is 1. The van der Waals surface area contributed by atoms with Gasteiger partial charge in [0.2, 0.25) is 9.84 Å². The van der Waals surface area contributed by atoms with Crippen LogP contribution in [0.1, 0.15) is 5.56 Å². The van der Waals surface area contributed by atoms with Crippen LogP contribution in [0.4, 0.5) is 10.8 Å². The number of ether oxygens (including phenoxy) is 1. The molecular weight excluding hydrogens is 418 g/mol.